The zero-order valence-corrected chi connectivity index (χ0v) is 28.4. The highest BCUT2D eigenvalue weighted by Crippen LogP contribution is 2.55. The molecule has 8 nitrogen and oxygen atoms in total. The van der Waals surface area contributed by atoms with Gasteiger partial charge in [-0.15, -0.1) is 11.8 Å². The normalized spacial score (nSPS) is 22.5. The Morgan fingerprint density at radius 2 is 1.93 bits per heavy atom. The van der Waals surface area contributed by atoms with Crippen LogP contribution in [0.3, 0.4) is 0 Å². The lowest BCUT2D eigenvalue weighted by Crippen LogP contribution is -2.51. The average molecular weight is 711 g/mol. The number of amides is 2. The summed E-state index contributed by atoms with van der Waals surface area (Å²) in [5, 5.41) is 18.0. The predicted molar refractivity (Wildman–Crippen MR) is 183 cm³/mol. The van der Waals surface area contributed by atoms with Crippen molar-refractivity contribution >= 4 is 62.0 Å². The molecule has 4 aromatic rings. The summed E-state index contributed by atoms with van der Waals surface area (Å²) in [6.07, 6.45) is 1.83. The molecule has 2 aliphatic rings. The molecule has 45 heavy (non-hydrogen) atoms. The first kappa shape index (κ1) is 32.1. The van der Waals surface area contributed by atoms with Crippen molar-refractivity contribution in [1.29, 1.82) is 0 Å². The molecule has 2 fully saturated rings. The third-order valence-corrected chi connectivity index (χ3v) is 10.9. The van der Waals surface area contributed by atoms with E-state index in [-0.39, 0.29) is 24.3 Å². The molecule has 0 saturated carbocycles. The zero-order valence-electron chi connectivity index (χ0n) is 25.2. The van der Waals surface area contributed by atoms with Gasteiger partial charge in [0.15, 0.2) is 6.35 Å². The standard InChI is InChI=1S/C34H37BrClN5O3S/c1-3-37-33(44)39-25-14-15-40(20-25)32(43)34(45-26-11-4-21(2)5-12-26)17-30(42)41(19-22-6-8-23(35)9-7-22)31(34)28-18-38-29-16-24(36)10-13-27(28)29/h4-13,16,18,25,31,33,37-39,44H,3,14-15,17,19-20H2,1-2H3/t25-,31+,33?,34+/m1/s1. The van der Waals surface area contributed by atoms with Crippen LogP contribution in [0.1, 0.15) is 42.5 Å². The summed E-state index contributed by atoms with van der Waals surface area (Å²) in [7, 11) is 0. The van der Waals surface area contributed by atoms with Crippen LogP contribution in [-0.4, -0.2) is 68.5 Å². The maximum atomic E-state index is 15.1. The van der Waals surface area contributed by atoms with Gasteiger partial charge in [0.05, 0.1) is 12.5 Å². The van der Waals surface area contributed by atoms with E-state index < -0.39 is 17.1 Å². The maximum Gasteiger partial charge on any atom is 0.242 e. The van der Waals surface area contributed by atoms with Crippen LogP contribution >= 0.6 is 39.3 Å². The highest BCUT2D eigenvalue weighted by molar-refractivity contribution is 9.10. The molecule has 4 N–H and O–H groups in total. The molecule has 2 amide bonds. The summed E-state index contributed by atoms with van der Waals surface area (Å²) in [6.45, 7) is 5.91. The minimum Gasteiger partial charge on any atom is -0.365 e. The fourth-order valence-corrected chi connectivity index (χ4v) is 8.43. The number of carbonyl (C=O) groups is 2. The van der Waals surface area contributed by atoms with Crippen LogP contribution in [0.5, 0.6) is 0 Å². The van der Waals surface area contributed by atoms with Crippen molar-refractivity contribution in [3.63, 3.8) is 0 Å². The van der Waals surface area contributed by atoms with Crippen LogP contribution in [0, 0.1) is 6.92 Å². The van der Waals surface area contributed by atoms with Crippen molar-refractivity contribution in [3.8, 4) is 0 Å². The molecule has 3 heterocycles. The molecule has 236 valence electrons. The highest BCUT2D eigenvalue weighted by Gasteiger charge is 2.60. The van der Waals surface area contributed by atoms with Crippen LogP contribution in [0.15, 0.2) is 82.3 Å². The third-order valence-electron chi connectivity index (χ3n) is 8.67. The number of carbonyl (C=O) groups excluding carboxylic acids is 2. The first-order chi connectivity index (χ1) is 21.7. The Kier molecular flexibility index (Phi) is 9.61. The van der Waals surface area contributed by atoms with Gasteiger partial charge >= 0.3 is 0 Å². The van der Waals surface area contributed by atoms with Crippen LogP contribution in [-0.2, 0) is 16.1 Å². The van der Waals surface area contributed by atoms with Crippen LogP contribution in [0.25, 0.3) is 10.9 Å². The number of aliphatic hydroxyl groups is 1. The number of nitrogens with zero attached hydrogens (tertiary/aromatic N) is 2. The van der Waals surface area contributed by atoms with Gasteiger partial charge in [0.1, 0.15) is 4.75 Å². The van der Waals surface area contributed by atoms with Crippen LogP contribution in [0.2, 0.25) is 5.02 Å². The lowest BCUT2D eigenvalue weighted by Gasteiger charge is -2.38. The molecular formula is C34H37BrClN5O3S. The average Bonchev–Trinajstić information content (AvgIpc) is 3.71. The number of aryl methyl sites for hydroxylation is 1. The Balaban J connectivity index is 1.46. The van der Waals surface area contributed by atoms with Crippen molar-refractivity contribution in [2.24, 2.45) is 0 Å². The molecule has 0 radical (unpaired) electrons. The second-order valence-electron chi connectivity index (χ2n) is 11.8. The molecule has 3 aromatic carbocycles. The Bertz CT molecular complexity index is 1680. The highest BCUT2D eigenvalue weighted by atomic mass is 79.9. The van der Waals surface area contributed by atoms with E-state index in [1.165, 1.54) is 11.8 Å². The Hall–Kier alpha value is -2.86. The van der Waals surface area contributed by atoms with E-state index in [0.29, 0.717) is 37.6 Å². The van der Waals surface area contributed by atoms with Gasteiger partial charge in [-0.1, -0.05) is 70.3 Å². The van der Waals surface area contributed by atoms with E-state index in [1.807, 2.05) is 96.6 Å². The molecule has 6 rings (SSSR count). The van der Waals surface area contributed by atoms with E-state index in [1.54, 1.807) is 0 Å². The molecule has 0 aliphatic carbocycles. The summed E-state index contributed by atoms with van der Waals surface area (Å²) in [5.41, 5.74) is 3.83. The molecule has 4 atom stereocenters. The quantitative estimate of drug-likeness (QED) is 0.151. The van der Waals surface area contributed by atoms with Crippen molar-refractivity contribution < 1.29 is 14.7 Å². The Labute approximate surface area is 281 Å². The summed E-state index contributed by atoms with van der Waals surface area (Å²) >= 11 is 11.4. The number of rotatable bonds is 10. The number of halogens is 2. The molecule has 11 heteroatoms. The van der Waals surface area contributed by atoms with Gasteiger partial charge in [-0.2, -0.15) is 0 Å². The molecule has 1 unspecified atom stereocenters. The first-order valence-electron chi connectivity index (χ1n) is 15.2. The number of likely N-dealkylation sites (tertiary alicyclic amines) is 2. The number of fused-ring (bicyclic) bond motifs is 1. The third kappa shape index (κ3) is 6.68. The van der Waals surface area contributed by atoms with Crippen molar-refractivity contribution in [3.05, 3.63) is 99.1 Å². The van der Waals surface area contributed by atoms with Gasteiger partial charge in [-0.3, -0.25) is 20.2 Å². The fourth-order valence-electron chi connectivity index (χ4n) is 6.52. The molecular weight excluding hydrogens is 674 g/mol. The molecule has 2 saturated heterocycles. The molecule has 2 aliphatic heterocycles. The minimum absolute atomic E-state index is 0.0560. The van der Waals surface area contributed by atoms with Gasteiger partial charge in [0.25, 0.3) is 0 Å². The number of aliphatic hydroxyl groups excluding tert-OH is 1. The predicted octanol–water partition coefficient (Wildman–Crippen LogP) is 5.97. The number of hydrogen-bond donors (Lipinski definition) is 4. The number of thioether (sulfide) groups is 1. The van der Waals surface area contributed by atoms with Crippen molar-refractivity contribution in [1.82, 2.24) is 25.4 Å². The topological polar surface area (TPSA) is 101 Å². The lowest BCUT2D eigenvalue weighted by molar-refractivity contribution is -0.133. The summed E-state index contributed by atoms with van der Waals surface area (Å²) < 4.78 is -0.189. The summed E-state index contributed by atoms with van der Waals surface area (Å²) in [4.78, 5) is 37.3. The second kappa shape index (κ2) is 13.5. The largest absolute Gasteiger partial charge is 0.365 e. The van der Waals surface area contributed by atoms with Crippen molar-refractivity contribution in [2.75, 3.05) is 19.6 Å². The Morgan fingerprint density at radius 1 is 1.18 bits per heavy atom. The van der Waals surface area contributed by atoms with Gasteiger partial charge in [0, 0.05) is 62.7 Å². The number of aromatic amines is 1. The van der Waals surface area contributed by atoms with E-state index in [4.69, 9.17) is 11.6 Å². The SMILES string of the molecule is CCNC(O)N[C@@H]1CCN(C(=O)[C@]2(Sc3ccc(C)cc3)CC(=O)N(Cc3ccc(Br)cc3)[C@H]2c2c[nH]c3cc(Cl)ccc23)C1. The smallest absolute Gasteiger partial charge is 0.242 e. The molecule has 0 spiro atoms. The van der Waals surface area contributed by atoms with E-state index in [9.17, 15) is 9.90 Å². The van der Waals surface area contributed by atoms with E-state index >= 15 is 4.79 Å². The molecule has 0 bridgehead atoms. The van der Waals surface area contributed by atoms with Crippen molar-refractivity contribution in [2.45, 2.75) is 61.3 Å². The monoisotopic (exact) mass is 709 g/mol. The van der Waals surface area contributed by atoms with Crippen LogP contribution in [0.4, 0.5) is 0 Å². The number of H-pyrrole nitrogens is 1. The first-order valence-corrected chi connectivity index (χ1v) is 17.2. The summed E-state index contributed by atoms with van der Waals surface area (Å²) in [5.74, 6) is -0.147. The lowest BCUT2D eigenvalue weighted by atomic mass is 9.90. The van der Waals surface area contributed by atoms with Crippen LogP contribution < -0.4 is 10.6 Å². The second-order valence-corrected chi connectivity index (χ2v) is 14.6. The Morgan fingerprint density at radius 3 is 2.67 bits per heavy atom. The van der Waals surface area contributed by atoms with Gasteiger partial charge in [0.2, 0.25) is 11.8 Å². The van der Waals surface area contributed by atoms with E-state index in [2.05, 4.69) is 31.5 Å². The maximum absolute atomic E-state index is 15.1. The zero-order chi connectivity index (χ0) is 31.7. The van der Waals surface area contributed by atoms with Gasteiger partial charge in [-0.05, 0) is 61.9 Å². The van der Waals surface area contributed by atoms with E-state index in [0.717, 1.165) is 37.0 Å². The summed E-state index contributed by atoms with van der Waals surface area (Å²) in [6, 6.07) is 21.1. The minimum atomic E-state index is -1.15. The van der Waals surface area contributed by atoms with Gasteiger partial charge < -0.3 is 19.9 Å². The fraction of sp³-hybridized carbons (Fsp3) is 0.353. The molecule has 1 aromatic heterocycles. The number of hydrogen-bond acceptors (Lipinski definition) is 6. The number of nitrogens with one attached hydrogen (secondary N) is 3. The number of benzene rings is 3. The van der Waals surface area contributed by atoms with Gasteiger partial charge in [-0.25, -0.2) is 0 Å². The number of aromatic nitrogens is 1.